The van der Waals surface area contributed by atoms with Crippen LogP contribution in [-0.2, 0) is 14.4 Å². The molecule has 0 saturated heterocycles. The molecule has 1 aliphatic rings. The predicted molar refractivity (Wildman–Crippen MR) is 121 cm³/mol. The summed E-state index contributed by atoms with van der Waals surface area (Å²) in [4.78, 5) is 38.6. The van der Waals surface area contributed by atoms with Crippen molar-refractivity contribution in [2.75, 3.05) is 17.2 Å². The molecule has 2 N–H and O–H groups in total. The van der Waals surface area contributed by atoms with Crippen LogP contribution in [0.5, 0.6) is 5.75 Å². The largest absolute Gasteiger partial charge is 0.491 e. The molecule has 3 amide bonds. The molecule has 0 fully saturated rings. The summed E-state index contributed by atoms with van der Waals surface area (Å²) in [5.41, 5.74) is 2.50. The molecule has 0 radical (unpaired) electrons. The Bertz CT molecular complexity index is 1010. The van der Waals surface area contributed by atoms with Crippen molar-refractivity contribution in [3.8, 4) is 5.75 Å². The number of carbonyl (C=O) groups is 3. The first-order valence-corrected chi connectivity index (χ1v) is 10.3. The minimum absolute atomic E-state index is 0.0393. The maximum Gasteiger partial charge on any atom is 0.278 e. The lowest BCUT2D eigenvalue weighted by Crippen LogP contribution is -2.33. The zero-order valence-corrected chi connectivity index (χ0v) is 18.2. The molecular weight excluding hydrogens is 394 g/mol. The van der Waals surface area contributed by atoms with Gasteiger partial charge in [-0.2, -0.15) is 0 Å². The molecule has 162 valence electrons. The van der Waals surface area contributed by atoms with Crippen molar-refractivity contribution in [1.29, 1.82) is 0 Å². The first kappa shape index (κ1) is 22.1. The van der Waals surface area contributed by atoms with Crippen LogP contribution in [-0.4, -0.2) is 35.3 Å². The topological polar surface area (TPSA) is 87.7 Å². The Morgan fingerprint density at radius 1 is 0.968 bits per heavy atom. The van der Waals surface area contributed by atoms with Gasteiger partial charge in [-0.3, -0.25) is 19.3 Å². The van der Waals surface area contributed by atoms with E-state index in [4.69, 9.17) is 4.74 Å². The summed E-state index contributed by atoms with van der Waals surface area (Å²) < 4.78 is 5.68. The van der Waals surface area contributed by atoms with Crippen molar-refractivity contribution < 1.29 is 19.1 Å². The monoisotopic (exact) mass is 421 g/mol. The zero-order chi connectivity index (χ0) is 22.5. The normalized spacial score (nSPS) is 13.8. The van der Waals surface area contributed by atoms with E-state index in [1.807, 2.05) is 20.8 Å². The molecule has 0 bridgehead atoms. The maximum atomic E-state index is 13.1. The van der Waals surface area contributed by atoms with Gasteiger partial charge in [0.1, 0.15) is 11.4 Å². The third-order valence-corrected chi connectivity index (χ3v) is 4.60. The number of rotatable bonds is 8. The number of nitrogens with one attached hydrogen (secondary N) is 2. The van der Waals surface area contributed by atoms with Crippen molar-refractivity contribution in [3.05, 3.63) is 59.8 Å². The molecule has 7 heteroatoms. The lowest BCUT2D eigenvalue weighted by molar-refractivity contribution is -0.136. The third kappa shape index (κ3) is 5.12. The average Bonchev–Trinajstić information content (AvgIpc) is 2.94. The number of amides is 3. The van der Waals surface area contributed by atoms with Crippen molar-refractivity contribution in [1.82, 2.24) is 4.90 Å². The highest BCUT2D eigenvalue weighted by molar-refractivity contribution is 6.36. The number of anilines is 2. The van der Waals surface area contributed by atoms with Gasteiger partial charge in [-0.15, -0.1) is 0 Å². The summed E-state index contributed by atoms with van der Waals surface area (Å²) in [6.07, 6.45) is 0.711. The summed E-state index contributed by atoms with van der Waals surface area (Å²) in [7, 11) is 0. The SMILES string of the molecule is CCCN1C(=O)C(Nc2ccc(NC(C)=O)cc2)=C(c2ccc(OC(C)C)cc2)C1=O. The molecule has 31 heavy (non-hydrogen) atoms. The Morgan fingerprint density at radius 3 is 2.13 bits per heavy atom. The van der Waals surface area contributed by atoms with Crippen molar-refractivity contribution in [3.63, 3.8) is 0 Å². The summed E-state index contributed by atoms with van der Waals surface area (Å²) in [6.45, 7) is 7.59. The number of nitrogens with zero attached hydrogens (tertiary/aromatic N) is 1. The van der Waals surface area contributed by atoms with Crippen LogP contribution in [0.25, 0.3) is 5.57 Å². The average molecular weight is 421 g/mol. The zero-order valence-electron chi connectivity index (χ0n) is 18.2. The molecule has 1 heterocycles. The van der Waals surface area contributed by atoms with Crippen LogP contribution < -0.4 is 15.4 Å². The number of benzene rings is 2. The van der Waals surface area contributed by atoms with Crippen LogP contribution in [0.15, 0.2) is 54.2 Å². The van der Waals surface area contributed by atoms with E-state index >= 15 is 0 Å². The lowest BCUT2D eigenvalue weighted by atomic mass is 10.0. The Hall–Kier alpha value is -3.61. The smallest absolute Gasteiger partial charge is 0.278 e. The van der Waals surface area contributed by atoms with E-state index in [2.05, 4.69) is 10.6 Å². The number of hydrogen-bond acceptors (Lipinski definition) is 5. The molecule has 1 aliphatic heterocycles. The molecule has 0 aromatic heterocycles. The molecule has 7 nitrogen and oxygen atoms in total. The summed E-state index contributed by atoms with van der Waals surface area (Å²) in [5.74, 6) is -0.135. The summed E-state index contributed by atoms with van der Waals surface area (Å²) in [5, 5.41) is 5.81. The van der Waals surface area contributed by atoms with E-state index in [1.165, 1.54) is 11.8 Å². The van der Waals surface area contributed by atoms with Crippen molar-refractivity contribution in [2.24, 2.45) is 0 Å². The lowest BCUT2D eigenvalue weighted by Gasteiger charge is -2.14. The highest BCUT2D eigenvalue weighted by Gasteiger charge is 2.38. The molecule has 3 rings (SSSR count). The van der Waals surface area contributed by atoms with Gasteiger partial charge in [-0.25, -0.2) is 0 Å². The van der Waals surface area contributed by atoms with Crippen LogP contribution in [0, 0.1) is 0 Å². The second-order valence-electron chi connectivity index (χ2n) is 7.59. The van der Waals surface area contributed by atoms with Gasteiger partial charge < -0.3 is 15.4 Å². The van der Waals surface area contributed by atoms with Gasteiger partial charge in [0.05, 0.1) is 11.7 Å². The molecule has 0 unspecified atom stereocenters. The Morgan fingerprint density at radius 2 is 1.58 bits per heavy atom. The fourth-order valence-electron chi connectivity index (χ4n) is 3.34. The molecule has 2 aromatic carbocycles. The highest BCUT2D eigenvalue weighted by atomic mass is 16.5. The number of imide groups is 1. The van der Waals surface area contributed by atoms with E-state index in [0.717, 1.165) is 0 Å². The number of hydrogen-bond donors (Lipinski definition) is 2. The van der Waals surface area contributed by atoms with Gasteiger partial charge in [0.25, 0.3) is 11.8 Å². The van der Waals surface area contributed by atoms with Crippen molar-refractivity contribution in [2.45, 2.75) is 40.2 Å². The standard InChI is InChI=1S/C24H27N3O4/c1-5-14-27-23(29)21(17-6-12-20(13-7-17)31-15(2)3)22(24(27)30)26-19-10-8-18(9-11-19)25-16(4)28/h6-13,15,26H,5,14H2,1-4H3,(H,25,28). The van der Waals surface area contributed by atoms with E-state index < -0.39 is 0 Å². The van der Waals surface area contributed by atoms with Crippen LogP contribution >= 0.6 is 0 Å². The van der Waals surface area contributed by atoms with E-state index in [1.54, 1.807) is 48.5 Å². The fraction of sp³-hybridized carbons (Fsp3) is 0.292. The molecule has 0 aliphatic carbocycles. The van der Waals surface area contributed by atoms with Crippen LogP contribution in [0.3, 0.4) is 0 Å². The van der Waals surface area contributed by atoms with E-state index in [-0.39, 0.29) is 29.5 Å². The molecule has 2 aromatic rings. The van der Waals surface area contributed by atoms with E-state index in [9.17, 15) is 14.4 Å². The Labute approximate surface area is 182 Å². The molecule has 0 saturated carbocycles. The second-order valence-corrected chi connectivity index (χ2v) is 7.59. The van der Waals surface area contributed by atoms with Gasteiger partial charge in [0.2, 0.25) is 5.91 Å². The fourth-order valence-corrected chi connectivity index (χ4v) is 3.34. The number of carbonyl (C=O) groups excluding carboxylic acids is 3. The van der Waals surface area contributed by atoms with Crippen LogP contribution in [0.2, 0.25) is 0 Å². The third-order valence-electron chi connectivity index (χ3n) is 4.60. The van der Waals surface area contributed by atoms with E-state index in [0.29, 0.717) is 41.2 Å². The molecule has 0 atom stereocenters. The minimum atomic E-state index is -0.352. The van der Waals surface area contributed by atoms with Gasteiger partial charge >= 0.3 is 0 Å². The minimum Gasteiger partial charge on any atom is -0.491 e. The summed E-state index contributed by atoms with van der Waals surface area (Å²) >= 11 is 0. The highest BCUT2D eigenvalue weighted by Crippen LogP contribution is 2.32. The summed E-state index contributed by atoms with van der Waals surface area (Å²) in [6, 6.07) is 14.1. The maximum absolute atomic E-state index is 13.1. The van der Waals surface area contributed by atoms with Gasteiger partial charge in [0, 0.05) is 24.8 Å². The van der Waals surface area contributed by atoms with Gasteiger partial charge in [-0.05, 0) is 62.2 Å². The van der Waals surface area contributed by atoms with Gasteiger partial charge in [-0.1, -0.05) is 19.1 Å². The van der Waals surface area contributed by atoms with Gasteiger partial charge in [0.15, 0.2) is 0 Å². The Balaban J connectivity index is 1.95. The quantitative estimate of drug-likeness (QED) is 0.628. The molecule has 0 spiro atoms. The van der Waals surface area contributed by atoms with Crippen LogP contribution in [0.4, 0.5) is 11.4 Å². The van der Waals surface area contributed by atoms with Crippen LogP contribution in [0.1, 0.15) is 39.7 Å². The predicted octanol–water partition coefficient (Wildman–Crippen LogP) is 4.03. The Kier molecular flexibility index (Phi) is 6.74. The number of ether oxygens (including phenoxy) is 1. The molecular formula is C24H27N3O4. The second kappa shape index (κ2) is 9.47. The van der Waals surface area contributed by atoms with Crippen molar-refractivity contribution >= 4 is 34.7 Å². The first-order chi connectivity index (χ1) is 14.8. The first-order valence-electron chi connectivity index (χ1n) is 10.3.